The number of nitrogens with zero attached hydrogens (tertiary/aromatic N) is 2. The molecule has 3 aromatic carbocycles. The largest absolute Gasteiger partial charge is 0.454 e. The second kappa shape index (κ2) is 10.3. The highest BCUT2D eigenvalue weighted by atomic mass is 16.7. The van der Waals surface area contributed by atoms with Crippen molar-refractivity contribution in [1.82, 2.24) is 14.9 Å². The second-order valence-corrected chi connectivity index (χ2v) is 8.32. The molecule has 36 heavy (non-hydrogen) atoms. The zero-order chi connectivity index (χ0) is 24.9. The standard InChI is InChI=1S/C27H24N4O5/c32-25(28-15-18-6-2-1-3-7-18)13-11-21-27(34)31(22-9-5-4-8-20(22)30-21)16-26(33)29-19-10-12-23-24(14-19)36-17-35-23/h1-10,12,14H,11,13,15-17H2,(H,28,32)(H,29,33). The van der Waals surface area contributed by atoms with Crippen molar-refractivity contribution in [2.75, 3.05) is 12.1 Å². The van der Waals surface area contributed by atoms with Crippen molar-refractivity contribution in [2.45, 2.75) is 25.9 Å². The molecule has 0 aliphatic carbocycles. The van der Waals surface area contributed by atoms with Crippen LogP contribution in [0.25, 0.3) is 11.0 Å². The second-order valence-electron chi connectivity index (χ2n) is 8.32. The van der Waals surface area contributed by atoms with Crippen molar-refractivity contribution in [3.05, 3.63) is 94.4 Å². The van der Waals surface area contributed by atoms with Crippen LogP contribution >= 0.6 is 0 Å². The first kappa shape index (κ1) is 23.1. The fourth-order valence-corrected chi connectivity index (χ4v) is 4.00. The molecular formula is C27H24N4O5. The summed E-state index contributed by atoms with van der Waals surface area (Å²) in [6.45, 7) is 0.344. The molecule has 4 aromatic rings. The van der Waals surface area contributed by atoms with Gasteiger partial charge >= 0.3 is 0 Å². The minimum Gasteiger partial charge on any atom is -0.454 e. The molecule has 0 atom stereocenters. The number of hydrogen-bond donors (Lipinski definition) is 2. The summed E-state index contributed by atoms with van der Waals surface area (Å²) in [4.78, 5) is 43.0. The predicted molar refractivity (Wildman–Crippen MR) is 134 cm³/mol. The average molecular weight is 485 g/mol. The van der Waals surface area contributed by atoms with Crippen molar-refractivity contribution in [2.24, 2.45) is 0 Å². The Bertz CT molecular complexity index is 1480. The highest BCUT2D eigenvalue weighted by Gasteiger charge is 2.17. The van der Waals surface area contributed by atoms with Gasteiger partial charge in [-0.1, -0.05) is 42.5 Å². The van der Waals surface area contributed by atoms with E-state index in [1.807, 2.05) is 36.4 Å². The summed E-state index contributed by atoms with van der Waals surface area (Å²) in [5, 5.41) is 5.65. The third-order valence-corrected chi connectivity index (χ3v) is 5.80. The number of carbonyl (C=O) groups excluding carboxylic acids is 2. The Balaban J connectivity index is 1.30. The van der Waals surface area contributed by atoms with E-state index in [1.165, 1.54) is 4.57 Å². The fraction of sp³-hybridized carbons (Fsp3) is 0.185. The molecule has 0 unspecified atom stereocenters. The van der Waals surface area contributed by atoms with Crippen LogP contribution in [0.4, 0.5) is 5.69 Å². The number of fused-ring (bicyclic) bond motifs is 2. The van der Waals surface area contributed by atoms with E-state index in [9.17, 15) is 14.4 Å². The third-order valence-electron chi connectivity index (χ3n) is 5.80. The molecule has 0 saturated carbocycles. The number of aromatic nitrogens is 2. The predicted octanol–water partition coefficient (Wildman–Crippen LogP) is 3.01. The number of anilines is 1. The van der Waals surface area contributed by atoms with E-state index in [2.05, 4.69) is 15.6 Å². The highest BCUT2D eigenvalue weighted by Crippen LogP contribution is 2.34. The number of ether oxygens (including phenoxy) is 2. The van der Waals surface area contributed by atoms with Crippen LogP contribution in [0.5, 0.6) is 11.5 Å². The van der Waals surface area contributed by atoms with E-state index in [4.69, 9.17) is 9.47 Å². The molecule has 2 heterocycles. The number of nitrogens with one attached hydrogen (secondary N) is 2. The van der Waals surface area contributed by atoms with Crippen LogP contribution in [0.1, 0.15) is 17.7 Å². The van der Waals surface area contributed by atoms with Gasteiger partial charge in [0.2, 0.25) is 18.6 Å². The lowest BCUT2D eigenvalue weighted by molar-refractivity contribution is -0.121. The number of amides is 2. The average Bonchev–Trinajstić information content (AvgIpc) is 3.37. The lowest BCUT2D eigenvalue weighted by Gasteiger charge is -2.13. The zero-order valence-electron chi connectivity index (χ0n) is 19.4. The summed E-state index contributed by atoms with van der Waals surface area (Å²) in [6.07, 6.45) is 0.269. The molecule has 0 fully saturated rings. The molecule has 0 spiro atoms. The van der Waals surface area contributed by atoms with Crippen molar-refractivity contribution >= 4 is 28.5 Å². The van der Waals surface area contributed by atoms with Crippen LogP contribution < -0.4 is 25.7 Å². The topological polar surface area (TPSA) is 112 Å². The Morgan fingerprint density at radius 3 is 2.56 bits per heavy atom. The Morgan fingerprint density at radius 2 is 1.69 bits per heavy atom. The van der Waals surface area contributed by atoms with Gasteiger partial charge in [0, 0.05) is 31.1 Å². The van der Waals surface area contributed by atoms with Crippen LogP contribution in [0.2, 0.25) is 0 Å². The molecule has 182 valence electrons. The summed E-state index contributed by atoms with van der Waals surface area (Å²) >= 11 is 0. The zero-order valence-corrected chi connectivity index (χ0v) is 19.4. The van der Waals surface area contributed by atoms with E-state index in [1.54, 1.807) is 36.4 Å². The third kappa shape index (κ3) is 5.20. The van der Waals surface area contributed by atoms with Crippen LogP contribution in [0.15, 0.2) is 77.6 Å². The molecule has 1 aliphatic heterocycles. The maximum Gasteiger partial charge on any atom is 0.273 e. The molecule has 0 saturated heterocycles. The summed E-state index contributed by atoms with van der Waals surface area (Å²) in [6, 6.07) is 21.8. The van der Waals surface area contributed by atoms with Gasteiger partial charge in [0.25, 0.3) is 5.56 Å². The van der Waals surface area contributed by atoms with Gasteiger partial charge in [0.05, 0.1) is 11.0 Å². The lowest BCUT2D eigenvalue weighted by Crippen LogP contribution is -2.32. The van der Waals surface area contributed by atoms with E-state index in [0.29, 0.717) is 34.8 Å². The number of carbonyl (C=O) groups is 2. The van der Waals surface area contributed by atoms with Gasteiger partial charge in [-0.2, -0.15) is 0 Å². The Hall–Kier alpha value is -4.66. The number of para-hydroxylation sites is 2. The quantitative estimate of drug-likeness (QED) is 0.398. The first-order valence-corrected chi connectivity index (χ1v) is 11.6. The SMILES string of the molecule is O=C(CCc1nc2ccccc2n(CC(=O)Nc2ccc3c(c2)OCO3)c1=O)NCc1ccccc1. The van der Waals surface area contributed by atoms with Gasteiger partial charge < -0.3 is 20.1 Å². The maximum absolute atomic E-state index is 13.3. The molecule has 1 aromatic heterocycles. The molecule has 9 nitrogen and oxygen atoms in total. The minimum atomic E-state index is -0.398. The molecular weight excluding hydrogens is 460 g/mol. The van der Waals surface area contributed by atoms with E-state index in [0.717, 1.165) is 5.56 Å². The van der Waals surface area contributed by atoms with Crippen LogP contribution in [-0.2, 0) is 29.1 Å². The fourth-order valence-electron chi connectivity index (χ4n) is 4.00. The highest BCUT2D eigenvalue weighted by molar-refractivity contribution is 5.92. The van der Waals surface area contributed by atoms with E-state index >= 15 is 0 Å². The molecule has 1 aliphatic rings. The molecule has 9 heteroatoms. The number of benzene rings is 3. The molecule has 5 rings (SSSR count). The minimum absolute atomic E-state index is 0.108. The van der Waals surface area contributed by atoms with Crippen LogP contribution in [0.3, 0.4) is 0 Å². The normalized spacial score (nSPS) is 11.9. The van der Waals surface area contributed by atoms with Crippen molar-refractivity contribution in [1.29, 1.82) is 0 Å². The summed E-state index contributed by atoms with van der Waals surface area (Å²) < 4.78 is 12.0. The Kier molecular flexibility index (Phi) is 6.61. The summed E-state index contributed by atoms with van der Waals surface area (Å²) in [5.41, 5.74) is 2.48. The summed E-state index contributed by atoms with van der Waals surface area (Å²) in [5.74, 6) is 0.605. The summed E-state index contributed by atoms with van der Waals surface area (Å²) in [7, 11) is 0. The van der Waals surface area contributed by atoms with Gasteiger partial charge in [-0.05, 0) is 29.8 Å². The van der Waals surface area contributed by atoms with E-state index < -0.39 is 5.56 Å². The first-order valence-electron chi connectivity index (χ1n) is 11.6. The molecule has 0 bridgehead atoms. The maximum atomic E-state index is 13.3. The van der Waals surface area contributed by atoms with Gasteiger partial charge in [0.15, 0.2) is 11.5 Å². The van der Waals surface area contributed by atoms with E-state index in [-0.39, 0.29) is 43.7 Å². The van der Waals surface area contributed by atoms with Gasteiger partial charge in [0.1, 0.15) is 12.2 Å². The smallest absolute Gasteiger partial charge is 0.273 e. The van der Waals surface area contributed by atoms with Gasteiger partial charge in [-0.15, -0.1) is 0 Å². The van der Waals surface area contributed by atoms with Crippen molar-refractivity contribution in [3.8, 4) is 11.5 Å². The van der Waals surface area contributed by atoms with Crippen molar-refractivity contribution < 1.29 is 19.1 Å². The van der Waals surface area contributed by atoms with Crippen LogP contribution in [-0.4, -0.2) is 28.2 Å². The number of rotatable bonds is 8. The molecule has 2 amide bonds. The van der Waals surface area contributed by atoms with Gasteiger partial charge in [-0.3, -0.25) is 19.0 Å². The van der Waals surface area contributed by atoms with Crippen molar-refractivity contribution in [3.63, 3.8) is 0 Å². The first-order chi connectivity index (χ1) is 17.6. The monoisotopic (exact) mass is 484 g/mol. The lowest BCUT2D eigenvalue weighted by atomic mass is 10.2. The Morgan fingerprint density at radius 1 is 0.917 bits per heavy atom. The number of aryl methyl sites for hydroxylation is 1. The molecule has 0 radical (unpaired) electrons. The molecule has 2 N–H and O–H groups in total. The van der Waals surface area contributed by atoms with Crippen LogP contribution in [0, 0.1) is 0 Å². The van der Waals surface area contributed by atoms with Gasteiger partial charge in [-0.25, -0.2) is 4.98 Å². The number of hydrogen-bond acceptors (Lipinski definition) is 6. The Labute approximate surface area is 206 Å².